The summed E-state index contributed by atoms with van der Waals surface area (Å²) < 4.78 is 31.8. The standard InChI is InChI=1S/C11H11Cl2N3O3S/c1-6-4-15-9(19-6)5-16-20(17,18)8-3-2-7(12)11(14)10(8)13/h2-4,16H,5,14H2,1H3. The van der Waals surface area contributed by atoms with E-state index in [-0.39, 0.29) is 33.1 Å². The first kappa shape index (κ1) is 15.1. The van der Waals surface area contributed by atoms with Crippen molar-refractivity contribution in [3.63, 3.8) is 0 Å². The number of oxazole rings is 1. The van der Waals surface area contributed by atoms with Crippen molar-refractivity contribution >= 4 is 38.9 Å². The van der Waals surface area contributed by atoms with Crippen molar-refractivity contribution in [1.29, 1.82) is 0 Å². The van der Waals surface area contributed by atoms with Crippen LogP contribution >= 0.6 is 23.2 Å². The Kier molecular flexibility index (Phi) is 4.24. The Morgan fingerprint density at radius 3 is 2.70 bits per heavy atom. The van der Waals surface area contributed by atoms with Crippen molar-refractivity contribution in [2.75, 3.05) is 5.73 Å². The van der Waals surface area contributed by atoms with E-state index in [1.165, 1.54) is 18.3 Å². The van der Waals surface area contributed by atoms with E-state index in [4.69, 9.17) is 33.4 Å². The van der Waals surface area contributed by atoms with Crippen molar-refractivity contribution in [3.8, 4) is 0 Å². The molecule has 1 aromatic heterocycles. The Balaban J connectivity index is 2.25. The number of aryl methyl sites for hydroxylation is 1. The first-order valence-electron chi connectivity index (χ1n) is 5.45. The van der Waals surface area contributed by atoms with E-state index in [1.807, 2.05) is 0 Å². The molecule has 0 aliphatic carbocycles. The van der Waals surface area contributed by atoms with Gasteiger partial charge in [-0.1, -0.05) is 23.2 Å². The van der Waals surface area contributed by atoms with Crippen molar-refractivity contribution in [2.45, 2.75) is 18.4 Å². The van der Waals surface area contributed by atoms with Gasteiger partial charge < -0.3 is 10.2 Å². The number of hydrogen-bond donors (Lipinski definition) is 2. The van der Waals surface area contributed by atoms with Crippen LogP contribution in [0.4, 0.5) is 5.69 Å². The van der Waals surface area contributed by atoms with E-state index in [2.05, 4.69) is 9.71 Å². The Bertz CT molecular complexity index is 743. The highest BCUT2D eigenvalue weighted by Gasteiger charge is 2.21. The molecule has 0 amide bonds. The van der Waals surface area contributed by atoms with E-state index in [9.17, 15) is 8.42 Å². The molecule has 2 rings (SSSR count). The molecule has 0 saturated carbocycles. The number of nitrogens with two attached hydrogens (primary N) is 1. The molecule has 0 aliphatic heterocycles. The molecular weight excluding hydrogens is 325 g/mol. The number of benzene rings is 1. The van der Waals surface area contributed by atoms with Crippen LogP contribution in [0.15, 0.2) is 27.6 Å². The second kappa shape index (κ2) is 5.61. The van der Waals surface area contributed by atoms with E-state index in [1.54, 1.807) is 6.92 Å². The Hall–Kier alpha value is -1.28. The maximum absolute atomic E-state index is 12.1. The molecule has 20 heavy (non-hydrogen) atoms. The van der Waals surface area contributed by atoms with Crippen LogP contribution in [-0.2, 0) is 16.6 Å². The fourth-order valence-electron chi connectivity index (χ4n) is 1.47. The van der Waals surface area contributed by atoms with Gasteiger partial charge in [-0.3, -0.25) is 0 Å². The lowest BCUT2D eigenvalue weighted by molar-refractivity contribution is 0.463. The van der Waals surface area contributed by atoms with Gasteiger partial charge in [0.25, 0.3) is 0 Å². The number of aromatic nitrogens is 1. The predicted molar refractivity (Wildman–Crippen MR) is 76.1 cm³/mol. The van der Waals surface area contributed by atoms with Crippen molar-refractivity contribution in [3.05, 3.63) is 40.0 Å². The van der Waals surface area contributed by atoms with E-state index in [0.717, 1.165) is 0 Å². The maximum atomic E-state index is 12.1. The van der Waals surface area contributed by atoms with Gasteiger partial charge in [0.05, 0.1) is 28.5 Å². The zero-order valence-electron chi connectivity index (χ0n) is 10.4. The first-order chi connectivity index (χ1) is 9.31. The molecule has 0 saturated heterocycles. The minimum absolute atomic E-state index is 0.0168. The quantitative estimate of drug-likeness (QED) is 0.835. The van der Waals surface area contributed by atoms with Gasteiger partial charge in [0.1, 0.15) is 10.7 Å². The van der Waals surface area contributed by atoms with Gasteiger partial charge in [-0.15, -0.1) is 0 Å². The molecule has 1 aromatic carbocycles. The molecule has 0 radical (unpaired) electrons. The van der Waals surface area contributed by atoms with Crippen molar-refractivity contribution in [1.82, 2.24) is 9.71 Å². The molecule has 0 atom stereocenters. The van der Waals surface area contributed by atoms with Gasteiger partial charge in [-0.25, -0.2) is 18.1 Å². The van der Waals surface area contributed by atoms with Gasteiger partial charge in [0, 0.05) is 0 Å². The van der Waals surface area contributed by atoms with Gasteiger partial charge in [-0.05, 0) is 19.1 Å². The summed E-state index contributed by atoms with van der Waals surface area (Å²) in [6.07, 6.45) is 1.50. The number of nitrogen functional groups attached to an aromatic ring is 1. The smallest absolute Gasteiger partial charge is 0.242 e. The van der Waals surface area contributed by atoms with Crippen molar-refractivity contribution < 1.29 is 12.8 Å². The fraction of sp³-hybridized carbons (Fsp3) is 0.182. The monoisotopic (exact) mass is 335 g/mol. The highest BCUT2D eigenvalue weighted by molar-refractivity contribution is 7.89. The average Bonchev–Trinajstić information content (AvgIpc) is 2.79. The lowest BCUT2D eigenvalue weighted by Gasteiger charge is -2.09. The summed E-state index contributed by atoms with van der Waals surface area (Å²) in [4.78, 5) is 3.75. The molecule has 0 spiro atoms. The summed E-state index contributed by atoms with van der Waals surface area (Å²) >= 11 is 11.7. The average molecular weight is 336 g/mol. The molecule has 0 unspecified atom stereocenters. The number of sulfonamides is 1. The molecule has 1 heterocycles. The van der Waals surface area contributed by atoms with Crippen LogP contribution in [0, 0.1) is 6.92 Å². The first-order valence-corrected chi connectivity index (χ1v) is 7.69. The van der Waals surface area contributed by atoms with Crippen LogP contribution in [0.1, 0.15) is 11.7 Å². The van der Waals surface area contributed by atoms with E-state index in [0.29, 0.717) is 5.76 Å². The zero-order chi connectivity index (χ0) is 14.9. The van der Waals surface area contributed by atoms with Crippen LogP contribution in [0.2, 0.25) is 10.0 Å². The van der Waals surface area contributed by atoms with Crippen molar-refractivity contribution in [2.24, 2.45) is 0 Å². The number of rotatable bonds is 4. The molecule has 108 valence electrons. The third kappa shape index (κ3) is 3.06. The molecular formula is C11H11Cl2N3O3S. The number of nitrogens with zero attached hydrogens (tertiary/aromatic N) is 1. The SMILES string of the molecule is Cc1cnc(CNS(=O)(=O)c2ccc(Cl)c(N)c2Cl)o1. The Labute approximate surface area is 125 Å². The molecule has 6 nitrogen and oxygen atoms in total. The predicted octanol–water partition coefficient (Wildman–Crippen LogP) is 2.35. The number of hydrogen-bond acceptors (Lipinski definition) is 5. The summed E-state index contributed by atoms with van der Waals surface area (Å²) in [5.74, 6) is 0.845. The largest absolute Gasteiger partial charge is 0.445 e. The number of nitrogens with one attached hydrogen (secondary N) is 1. The zero-order valence-corrected chi connectivity index (χ0v) is 12.7. The minimum atomic E-state index is -3.84. The highest BCUT2D eigenvalue weighted by atomic mass is 35.5. The topological polar surface area (TPSA) is 98.2 Å². The van der Waals surface area contributed by atoms with Crippen LogP contribution in [0.3, 0.4) is 0 Å². The van der Waals surface area contributed by atoms with Gasteiger partial charge in [-0.2, -0.15) is 0 Å². The minimum Gasteiger partial charge on any atom is -0.445 e. The van der Waals surface area contributed by atoms with Gasteiger partial charge in [0.15, 0.2) is 0 Å². The molecule has 3 N–H and O–H groups in total. The lowest BCUT2D eigenvalue weighted by atomic mass is 10.3. The van der Waals surface area contributed by atoms with E-state index < -0.39 is 10.0 Å². The van der Waals surface area contributed by atoms with Gasteiger partial charge >= 0.3 is 0 Å². The third-order valence-electron chi connectivity index (χ3n) is 2.46. The normalized spacial score (nSPS) is 11.8. The number of halogens is 2. The molecule has 9 heteroatoms. The molecule has 0 fully saturated rings. The molecule has 0 aliphatic rings. The third-order valence-corrected chi connectivity index (χ3v) is 4.76. The van der Waals surface area contributed by atoms with E-state index >= 15 is 0 Å². The lowest BCUT2D eigenvalue weighted by Crippen LogP contribution is -2.24. The van der Waals surface area contributed by atoms with Gasteiger partial charge in [0.2, 0.25) is 15.9 Å². The van der Waals surface area contributed by atoms with Crippen LogP contribution in [0.25, 0.3) is 0 Å². The highest BCUT2D eigenvalue weighted by Crippen LogP contribution is 2.32. The van der Waals surface area contributed by atoms with Crippen LogP contribution in [0.5, 0.6) is 0 Å². The summed E-state index contributed by atoms with van der Waals surface area (Å²) in [6.45, 7) is 1.62. The Morgan fingerprint density at radius 2 is 2.10 bits per heavy atom. The fourth-order valence-corrected chi connectivity index (χ4v) is 3.21. The summed E-state index contributed by atoms with van der Waals surface area (Å²) in [6, 6.07) is 2.65. The van der Waals surface area contributed by atoms with Crippen LogP contribution < -0.4 is 10.5 Å². The second-order valence-corrected chi connectivity index (χ2v) is 6.48. The molecule has 0 bridgehead atoms. The summed E-state index contributed by atoms with van der Waals surface area (Å²) in [5.41, 5.74) is 5.62. The second-order valence-electron chi connectivity index (χ2n) is 3.96. The summed E-state index contributed by atoms with van der Waals surface area (Å²) in [5, 5.41) is 0.0749. The summed E-state index contributed by atoms with van der Waals surface area (Å²) in [7, 11) is -3.84. The Morgan fingerprint density at radius 1 is 1.40 bits per heavy atom. The molecule has 2 aromatic rings. The maximum Gasteiger partial charge on any atom is 0.242 e. The van der Waals surface area contributed by atoms with Crippen LogP contribution in [-0.4, -0.2) is 13.4 Å². The number of anilines is 1.